The summed E-state index contributed by atoms with van der Waals surface area (Å²) >= 11 is 0. The van der Waals surface area contributed by atoms with E-state index in [-0.39, 0.29) is 11.5 Å². The lowest BCUT2D eigenvalue weighted by Gasteiger charge is -2.38. The van der Waals surface area contributed by atoms with Crippen LogP contribution in [-0.2, 0) is 26.0 Å². The maximum absolute atomic E-state index is 14.6. The fraction of sp³-hybridized carbons (Fsp3) is 0.150. The van der Waals surface area contributed by atoms with Crippen LogP contribution in [-0.4, -0.2) is 39.1 Å². The van der Waals surface area contributed by atoms with Gasteiger partial charge in [0, 0.05) is 22.3 Å². The van der Waals surface area contributed by atoms with E-state index in [0.717, 1.165) is 22.3 Å². The highest BCUT2D eigenvalue weighted by Crippen LogP contribution is 2.86. The zero-order chi connectivity index (χ0) is 32.7. The number of carboxylic acid groups (broad SMARTS) is 1. The number of aromatic nitrogens is 2. The van der Waals surface area contributed by atoms with Crippen molar-refractivity contribution in [1.29, 1.82) is 0 Å². The summed E-state index contributed by atoms with van der Waals surface area (Å²) in [6.07, 6.45) is 0. The van der Waals surface area contributed by atoms with E-state index in [0.29, 0.717) is 22.4 Å². The second-order valence-electron chi connectivity index (χ2n) is 12.8. The number of aliphatic carboxylic acids is 1. The number of hydrogen-bond acceptors (Lipinski definition) is 5. The van der Waals surface area contributed by atoms with Crippen LogP contribution in [0.1, 0.15) is 34.0 Å². The van der Waals surface area contributed by atoms with Crippen LogP contribution >= 0.6 is 0 Å². The van der Waals surface area contributed by atoms with Crippen molar-refractivity contribution in [3.8, 4) is 5.69 Å². The van der Waals surface area contributed by atoms with E-state index in [9.17, 15) is 19.5 Å². The molecule has 2 aliphatic heterocycles. The SMILES string of the molecule is O=C(O)CNC(=O)[C@H]1N[C@@]2(c3ccccc3-n3c2nc2ccccc2c3=O)[C@@]2(c3ccccc3)[C@H](c3ccccc3)[C@@]12c1ccccc1. The Morgan fingerprint density at radius 2 is 1.38 bits per heavy atom. The minimum atomic E-state index is -1.20. The Balaban J connectivity index is 1.48. The number of piperidine rings is 1. The minimum absolute atomic E-state index is 0.189. The molecule has 1 amide bonds. The summed E-state index contributed by atoms with van der Waals surface area (Å²) in [5, 5.41) is 16.7. The molecule has 1 aromatic heterocycles. The number of amides is 1. The third-order valence-corrected chi connectivity index (χ3v) is 10.8. The fourth-order valence-corrected chi connectivity index (χ4v) is 9.40. The van der Waals surface area contributed by atoms with Gasteiger partial charge in [-0.1, -0.05) is 121 Å². The van der Waals surface area contributed by atoms with Gasteiger partial charge in [-0.25, -0.2) is 4.98 Å². The van der Waals surface area contributed by atoms with Crippen molar-refractivity contribution in [1.82, 2.24) is 20.2 Å². The summed E-state index contributed by atoms with van der Waals surface area (Å²) in [6.45, 7) is -0.529. The van der Waals surface area contributed by atoms with Crippen molar-refractivity contribution in [3.63, 3.8) is 0 Å². The lowest BCUT2D eigenvalue weighted by Crippen LogP contribution is -2.56. The van der Waals surface area contributed by atoms with Crippen molar-refractivity contribution in [2.24, 2.45) is 0 Å². The number of carboxylic acids is 1. The molecule has 3 heterocycles. The van der Waals surface area contributed by atoms with Gasteiger partial charge in [-0.15, -0.1) is 0 Å². The van der Waals surface area contributed by atoms with E-state index in [2.05, 4.69) is 47.0 Å². The van der Waals surface area contributed by atoms with Crippen LogP contribution in [0.15, 0.2) is 144 Å². The summed E-state index contributed by atoms with van der Waals surface area (Å²) in [4.78, 5) is 46.3. The predicted octanol–water partition coefficient (Wildman–Crippen LogP) is 4.79. The smallest absolute Gasteiger partial charge is 0.322 e. The molecule has 3 aliphatic rings. The molecule has 1 saturated heterocycles. The number of nitrogens with zero attached hydrogens (tertiary/aromatic N) is 2. The average Bonchev–Trinajstić information content (AvgIpc) is 3.56. The van der Waals surface area contributed by atoms with Crippen molar-refractivity contribution in [3.05, 3.63) is 178 Å². The summed E-state index contributed by atoms with van der Waals surface area (Å²) in [6, 6.07) is 44.7. The Morgan fingerprint density at radius 1 is 0.771 bits per heavy atom. The van der Waals surface area contributed by atoms with Gasteiger partial charge in [0.2, 0.25) is 5.91 Å². The summed E-state index contributed by atoms with van der Waals surface area (Å²) in [7, 11) is 0. The molecule has 234 valence electrons. The molecule has 0 radical (unpaired) electrons. The standard InChI is InChI=1S/C40H30N4O4/c45-32(46)24-41-35(47)34-38(26-16-6-2-7-17-26)33(25-14-4-1-5-15-25)39(38,27-18-8-3-9-19-27)40(43-34)29-21-11-13-23-31(29)44-36(48)28-20-10-12-22-30(28)42-37(40)44/h1-23,33-34,43H,24H2,(H,41,47)(H,45,46)/t33-,34-,38+,39+,40-/m1/s1. The van der Waals surface area contributed by atoms with Gasteiger partial charge in [-0.3, -0.25) is 24.3 Å². The number of carbonyl (C=O) groups excluding carboxylic acids is 1. The Kier molecular flexibility index (Phi) is 5.95. The highest BCUT2D eigenvalue weighted by molar-refractivity contribution is 5.93. The van der Waals surface area contributed by atoms with Crippen LogP contribution in [0.4, 0.5) is 0 Å². The lowest BCUT2D eigenvalue weighted by molar-refractivity contribution is -0.138. The molecular formula is C40H30N4O4. The van der Waals surface area contributed by atoms with Crippen LogP contribution in [0.3, 0.4) is 0 Å². The Morgan fingerprint density at radius 3 is 2.08 bits per heavy atom. The first-order valence-electron chi connectivity index (χ1n) is 16.0. The summed E-state index contributed by atoms with van der Waals surface area (Å²) in [5.41, 5.74) is 1.80. The van der Waals surface area contributed by atoms with Gasteiger partial charge in [0.05, 0.1) is 22.6 Å². The van der Waals surface area contributed by atoms with Gasteiger partial charge in [-0.05, 0) is 34.9 Å². The number of fused-ring (bicyclic) bond motifs is 8. The monoisotopic (exact) mass is 630 g/mol. The molecule has 8 heteroatoms. The lowest BCUT2D eigenvalue weighted by atomic mass is 9.68. The molecule has 1 spiro atoms. The highest BCUT2D eigenvalue weighted by Gasteiger charge is 2.93. The van der Waals surface area contributed by atoms with Crippen molar-refractivity contribution in [2.45, 2.75) is 28.3 Å². The summed E-state index contributed by atoms with van der Waals surface area (Å²) < 4.78 is 1.71. The number of nitrogens with one attached hydrogen (secondary N) is 2. The number of hydrogen-bond donors (Lipinski definition) is 3. The largest absolute Gasteiger partial charge is 0.480 e. The van der Waals surface area contributed by atoms with E-state index < -0.39 is 40.8 Å². The van der Waals surface area contributed by atoms with Gasteiger partial charge >= 0.3 is 5.97 Å². The molecule has 5 aromatic carbocycles. The van der Waals surface area contributed by atoms with Crippen LogP contribution in [0.5, 0.6) is 0 Å². The van der Waals surface area contributed by atoms with E-state index in [4.69, 9.17) is 4.98 Å². The summed E-state index contributed by atoms with van der Waals surface area (Å²) in [5.74, 6) is -1.36. The molecule has 9 rings (SSSR count). The molecule has 1 aliphatic carbocycles. The zero-order valence-electron chi connectivity index (χ0n) is 25.7. The zero-order valence-corrected chi connectivity index (χ0v) is 25.7. The Labute approximate surface area is 275 Å². The van der Waals surface area contributed by atoms with E-state index >= 15 is 0 Å². The first-order chi connectivity index (χ1) is 23.5. The molecule has 0 unspecified atom stereocenters. The van der Waals surface area contributed by atoms with E-state index in [1.807, 2.05) is 97.1 Å². The second kappa shape index (κ2) is 10.1. The topological polar surface area (TPSA) is 113 Å². The first kappa shape index (κ1) is 28.4. The van der Waals surface area contributed by atoms with E-state index in [1.165, 1.54) is 0 Å². The maximum Gasteiger partial charge on any atom is 0.322 e. The first-order valence-corrected chi connectivity index (χ1v) is 16.0. The Bertz CT molecular complexity index is 2330. The number of benzene rings is 5. The molecular weight excluding hydrogens is 600 g/mol. The van der Waals surface area contributed by atoms with E-state index in [1.54, 1.807) is 10.6 Å². The Hall–Kier alpha value is -5.86. The van der Waals surface area contributed by atoms with Crippen LogP contribution in [0.25, 0.3) is 16.6 Å². The average molecular weight is 631 g/mol. The molecule has 48 heavy (non-hydrogen) atoms. The number of carbonyl (C=O) groups is 2. The van der Waals surface area contributed by atoms with Gasteiger partial charge in [0.15, 0.2) is 0 Å². The number of rotatable bonds is 6. The van der Waals surface area contributed by atoms with Crippen molar-refractivity contribution in [2.75, 3.05) is 6.54 Å². The number of para-hydroxylation sites is 2. The highest BCUT2D eigenvalue weighted by atomic mass is 16.4. The third kappa shape index (κ3) is 3.32. The van der Waals surface area contributed by atoms with Crippen molar-refractivity contribution >= 4 is 22.8 Å². The third-order valence-electron chi connectivity index (χ3n) is 10.8. The predicted molar refractivity (Wildman–Crippen MR) is 181 cm³/mol. The van der Waals surface area contributed by atoms with Gasteiger partial charge in [-0.2, -0.15) is 0 Å². The molecule has 1 saturated carbocycles. The van der Waals surface area contributed by atoms with Crippen molar-refractivity contribution < 1.29 is 14.7 Å². The van der Waals surface area contributed by atoms with Gasteiger partial charge < -0.3 is 10.4 Å². The quantitative estimate of drug-likeness (QED) is 0.244. The normalized spacial score (nSPS) is 26.1. The molecule has 3 N–H and O–H groups in total. The van der Waals surface area contributed by atoms with Crippen LogP contribution < -0.4 is 16.2 Å². The molecule has 5 atom stereocenters. The second-order valence-corrected chi connectivity index (χ2v) is 12.8. The fourth-order valence-electron chi connectivity index (χ4n) is 9.40. The molecule has 8 nitrogen and oxygen atoms in total. The van der Waals surface area contributed by atoms with Gasteiger partial charge in [0.1, 0.15) is 17.9 Å². The van der Waals surface area contributed by atoms with Gasteiger partial charge in [0.25, 0.3) is 5.56 Å². The molecule has 6 aromatic rings. The molecule has 2 fully saturated rings. The van der Waals surface area contributed by atoms with Crippen LogP contribution in [0, 0.1) is 0 Å². The maximum atomic E-state index is 14.6. The molecule has 0 bridgehead atoms. The van der Waals surface area contributed by atoms with Crippen LogP contribution in [0.2, 0.25) is 0 Å². The minimum Gasteiger partial charge on any atom is -0.480 e.